The Morgan fingerprint density at radius 3 is 2.13 bits per heavy atom. The lowest BCUT2D eigenvalue weighted by Crippen LogP contribution is -2.41. The Hall–Kier alpha value is -2.82. The van der Waals surface area contributed by atoms with Crippen molar-refractivity contribution in [1.82, 2.24) is 4.57 Å². The monoisotopic (exact) mass is 395 g/mol. The number of fused-ring (bicyclic) bond motifs is 1. The highest BCUT2D eigenvalue weighted by atomic mass is 16.7. The van der Waals surface area contributed by atoms with Crippen molar-refractivity contribution >= 4 is 23.5 Å². The molecule has 1 aliphatic heterocycles. The minimum absolute atomic E-state index is 0.350. The minimum atomic E-state index is -0.363. The summed E-state index contributed by atoms with van der Waals surface area (Å²) in [5, 5.41) is 1.23. The Morgan fingerprint density at radius 2 is 1.40 bits per heavy atom. The molecule has 4 heteroatoms. The molecule has 30 heavy (non-hydrogen) atoms. The molecule has 3 nitrogen and oxygen atoms in total. The zero-order valence-electron chi connectivity index (χ0n) is 17.9. The van der Waals surface area contributed by atoms with E-state index in [9.17, 15) is 0 Å². The molecule has 0 radical (unpaired) electrons. The summed E-state index contributed by atoms with van der Waals surface area (Å²) in [6.45, 7) is 8.35. The first-order valence-electron chi connectivity index (χ1n) is 10.5. The molecule has 0 aliphatic carbocycles. The summed E-state index contributed by atoms with van der Waals surface area (Å²) in [4.78, 5) is 0. The molecule has 5 rings (SSSR count). The standard InChI is InChI=1S/C26H26BNO2/c1-25(2)26(3,4)30-27(29-25)20-12-10-11-19(17-20)23-18-28(21-13-6-5-7-14-21)24-16-9-8-15-22(23)24/h5-18H,1-4H3. The molecule has 0 atom stereocenters. The number of para-hydroxylation sites is 2. The third kappa shape index (κ3) is 3.08. The molecule has 1 saturated heterocycles. The van der Waals surface area contributed by atoms with E-state index >= 15 is 0 Å². The fourth-order valence-corrected chi connectivity index (χ4v) is 4.04. The van der Waals surface area contributed by atoms with Crippen molar-refractivity contribution in [2.24, 2.45) is 0 Å². The molecular weight excluding hydrogens is 369 g/mol. The maximum absolute atomic E-state index is 6.28. The molecule has 0 N–H and O–H groups in total. The van der Waals surface area contributed by atoms with E-state index in [2.05, 4.69) is 111 Å². The summed E-state index contributed by atoms with van der Waals surface area (Å²) >= 11 is 0. The highest BCUT2D eigenvalue weighted by Gasteiger charge is 2.51. The van der Waals surface area contributed by atoms with Crippen molar-refractivity contribution in [3.05, 3.63) is 85.1 Å². The molecule has 2 heterocycles. The lowest BCUT2D eigenvalue weighted by Gasteiger charge is -2.32. The molecular formula is C26H26BNO2. The summed E-state index contributed by atoms with van der Waals surface area (Å²) in [5.41, 5.74) is 5.05. The predicted molar refractivity (Wildman–Crippen MR) is 124 cm³/mol. The SMILES string of the molecule is CC1(C)OB(c2cccc(-c3cn(-c4ccccc4)c4ccccc34)c2)OC1(C)C. The lowest BCUT2D eigenvalue weighted by atomic mass is 9.78. The van der Waals surface area contributed by atoms with Crippen LogP contribution < -0.4 is 5.46 Å². The topological polar surface area (TPSA) is 23.4 Å². The average Bonchev–Trinajstić information content (AvgIpc) is 3.23. The van der Waals surface area contributed by atoms with Crippen molar-refractivity contribution < 1.29 is 9.31 Å². The van der Waals surface area contributed by atoms with E-state index in [1.165, 1.54) is 16.5 Å². The van der Waals surface area contributed by atoms with Gasteiger partial charge in [-0.3, -0.25) is 0 Å². The van der Waals surface area contributed by atoms with Gasteiger partial charge in [-0.25, -0.2) is 0 Å². The maximum Gasteiger partial charge on any atom is 0.494 e. The van der Waals surface area contributed by atoms with Crippen LogP contribution in [0.25, 0.3) is 27.7 Å². The van der Waals surface area contributed by atoms with Crippen LogP contribution in [0.2, 0.25) is 0 Å². The third-order valence-corrected chi connectivity index (χ3v) is 6.47. The molecule has 0 saturated carbocycles. The second-order valence-electron chi connectivity index (χ2n) is 8.98. The average molecular weight is 395 g/mol. The van der Waals surface area contributed by atoms with Crippen molar-refractivity contribution in [2.45, 2.75) is 38.9 Å². The quantitative estimate of drug-likeness (QED) is 0.422. The van der Waals surface area contributed by atoms with Crippen LogP contribution in [0, 0.1) is 0 Å². The van der Waals surface area contributed by atoms with Gasteiger partial charge in [-0.1, -0.05) is 60.7 Å². The van der Waals surface area contributed by atoms with Crippen LogP contribution >= 0.6 is 0 Å². The van der Waals surface area contributed by atoms with Gasteiger partial charge in [0.25, 0.3) is 0 Å². The van der Waals surface area contributed by atoms with Gasteiger partial charge in [0.1, 0.15) is 0 Å². The third-order valence-electron chi connectivity index (χ3n) is 6.47. The molecule has 1 fully saturated rings. The van der Waals surface area contributed by atoms with E-state index in [1.807, 2.05) is 6.07 Å². The normalized spacial score (nSPS) is 17.5. The summed E-state index contributed by atoms with van der Waals surface area (Å²) in [7, 11) is -0.363. The van der Waals surface area contributed by atoms with Crippen LogP contribution in [-0.2, 0) is 9.31 Å². The molecule has 0 spiro atoms. The molecule has 0 amide bonds. The first-order valence-corrected chi connectivity index (χ1v) is 10.5. The summed E-state index contributed by atoms with van der Waals surface area (Å²) in [5.74, 6) is 0. The number of aromatic nitrogens is 1. The van der Waals surface area contributed by atoms with Gasteiger partial charge in [0.2, 0.25) is 0 Å². The largest absolute Gasteiger partial charge is 0.494 e. The number of hydrogen-bond donors (Lipinski definition) is 0. The van der Waals surface area contributed by atoms with Crippen molar-refractivity contribution in [2.75, 3.05) is 0 Å². The van der Waals surface area contributed by atoms with Crippen LogP contribution in [0.5, 0.6) is 0 Å². The molecule has 150 valence electrons. The van der Waals surface area contributed by atoms with Gasteiger partial charge in [0.05, 0.1) is 16.7 Å². The maximum atomic E-state index is 6.28. The van der Waals surface area contributed by atoms with Crippen molar-refractivity contribution in [3.8, 4) is 16.8 Å². The van der Waals surface area contributed by atoms with Gasteiger partial charge < -0.3 is 13.9 Å². The summed E-state index contributed by atoms with van der Waals surface area (Å²) in [6.07, 6.45) is 2.23. The number of nitrogens with zero attached hydrogens (tertiary/aromatic N) is 1. The lowest BCUT2D eigenvalue weighted by molar-refractivity contribution is 0.00578. The van der Waals surface area contributed by atoms with E-state index in [1.54, 1.807) is 0 Å². The Kier molecular flexibility index (Phi) is 4.39. The predicted octanol–water partition coefficient (Wildman–Crippen LogP) is 5.60. The zero-order valence-corrected chi connectivity index (χ0v) is 17.9. The van der Waals surface area contributed by atoms with Gasteiger partial charge in [-0.15, -0.1) is 0 Å². The fraction of sp³-hybridized carbons (Fsp3) is 0.231. The zero-order chi connectivity index (χ0) is 20.9. The number of benzene rings is 3. The second kappa shape index (κ2) is 6.87. The van der Waals surface area contributed by atoms with E-state index in [0.717, 1.165) is 16.7 Å². The first kappa shape index (κ1) is 19.2. The molecule has 0 unspecified atom stereocenters. The van der Waals surface area contributed by atoms with Crippen LogP contribution in [0.1, 0.15) is 27.7 Å². The molecule has 3 aromatic carbocycles. The Labute approximate surface area is 178 Å². The van der Waals surface area contributed by atoms with Crippen molar-refractivity contribution in [3.63, 3.8) is 0 Å². The van der Waals surface area contributed by atoms with E-state index in [4.69, 9.17) is 9.31 Å². The van der Waals surface area contributed by atoms with E-state index < -0.39 is 0 Å². The molecule has 1 aliphatic rings. The van der Waals surface area contributed by atoms with Gasteiger partial charge in [0.15, 0.2) is 0 Å². The smallest absolute Gasteiger partial charge is 0.399 e. The van der Waals surface area contributed by atoms with E-state index in [0.29, 0.717) is 0 Å². The molecule has 0 bridgehead atoms. The Bertz CT molecular complexity index is 1190. The van der Waals surface area contributed by atoms with Crippen molar-refractivity contribution in [1.29, 1.82) is 0 Å². The Balaban J connectivity index is 1.60. The molecule has 4 aromatic rings. The van der Waals surface area contributed by atoms with Gasteiger partial charge in [-0.05, 0) is 56.9 Å². The van der Waals surface area contributed by atoms with Crippen LogP contribution in [-0.4, -0.2) is 22.9 Å². The minimum Gasteiger partial charge on any atom is -0.399 e. The molecule has 1 aromatic heterocycles. The highest BCUT2D eigenvalue weighted by molar-refractivity contribution is 6.62. The van der Waals surface area contributed by atoms with E-state index in [-0.39, 0.29) is 18.3 Å². The van der Waals surface area contributed by atoms with Crippen LogP contribution in [0.3, 0.4) is 0 Å². The van der Waals surface area contributed by atoms with Crippen LogP contribution in [0.4, 0.5) is 0 Å². The van der Waals surface area contributed by atoms with Gasteiger partial charge in [-0.2, -0.15) is 0 Å². The first-order chi connectivity index (χ1) is 14.4. The van der Waals surface area contributed by atoms with Gasteiger partial charge >= 0.3 is 7.12 Å². The number of rotatable bonds is 3. The van der Waals surface area contributed by atoms with Gasteiger partial charge in [0, 0.05) is 22.8 Å². The summed E-state index contributed by atoms with van der Waals surface area (Å²) in [6, 6.07) is 27.5. The fourth-order valence-electron chi connectivity index (χ4n) is 4.04. The second-order valence-corrected chi connectivity index (χ2v) is 8.98. The highest BCUT2D eigenvalue weighted by Crippen LogP contribution is 2.37. The summed E-state index contributed by atoms with van der Waals surface area (Å²) < 4.78 is 14.8. The van der Waals surface area contributed by atoms with Crippen LogP contribution in [0.15, 0.2) is 85.1 Å². The Morgan fingerprint density at radius 1 is 0.733 bits per heavy atom. The number of hydrogen-bond acceptors (Lipinski definition) is 2.